The molecule has 0 radical (unpaired) electrons. The number of nitrogens with zero attached hydrogens (tertiary/aromatic N) is 5. The topological polar surface area (TPSA) is 163 Å². The molecule has 4 heterocycles. The summed E-state index contributed by atoms with van der Waals surface area (Å²) in [5.74, 6) is 0.595. The van der Waals surface area contributed by atoms with Crippen LogP contribution in [0.2, 0.25) is 0 Å². The SMILES string of the molecule is NC(=O)C1(c2cnc(C=O)c(O)c2)CC1.Nc1ncccc1-c1nc2ccc(-c3ccccc3)nc2n1-c1ccc2c(c1)CCC2. The van der Waals surface area contributed by atoms with Crippen LogP contribution in [0, 0.1) is 0 Å². The van der Waals surface area contributed by atoms with E-state index in [1.165, 1.54) is 29.8 Å². The molecule has 0 saturated heterocycles. The van der Waals surface area contributed by atoms with Crippen molar-refractivity contribution in [1.29, 1.82) is 0 Å². The Kier molecular flexibility index (Phi) is 7.24. The van der Waals surface area contributed by atoms with Gasteiger partial charge in [0.15, 0.2) is 17.8 Å². The van der Waals surface area contributed by atoms with Crippen LogP contribution in [0.4, 0.5) is 5.82 Å². The van der Waals surface area contributed by atoms with Gasteiger partial charge in [-0.1, -0.05) is 36.4 Å². The van der Waals surface area contributed by atoms with Crippen LogP contribution in [-0.4, -0.2) is 41.8 Å². The number of amides is 1. The molecule has 0 unspecified atom stereocenters. The Balaban J connectivity index is 0.000000190. The zero-order valence-corrected chi connectivity index (χ0v) is 24.9. The van der Waals surface area contributed by atoms with Crippen molar-refractivity contribution in [2.75, 3.05) is 5.73 Å². The van der Waals surface area contributed by atoms with E-state index in [4.69, 9.17) is 21.4 Å². The second kappa shape index (κ2) is 11.6. The van der Waals surface area contributed by atoms with Gasteiger partial charge in [-0.25, -0.2) is 19.9 Å². The smallest absolute Gasteiger partial charge is 0.228 e. The minimum absolute atomic E-state index is 0.0287. The molecule has 1 amide bonds. The quantitative estimate of drug-likeness (QED) is 0.213. The van der Waals surface area contributed by atoms with Crippen LogP contribution in [0.1, 0.15) is 46.4 Å². The number of carbonyl (C=O) groups excluding carboxylic acids is 2. The number of aromatic hydroxyl groups is 1. The molecule has 0 aliphatic heterocycles. The highest BCUT2D eigenvalue weighted by Gasteiger charge is 2.50. The first-order valence-corrected chi connectivity index (χ1v) is 15.1. The van der Waals surface area contributed by atoms with Crippen molar-refractivity contribution in [3.05, 3.63) is 114 Å². The fourth-order valence-corrected chi connectivity index (χ4v) is 6.07. The number of hydrogen-bond acceptors (Lipinski definition) is 8. The average molecular weight is 610 g/mol. The van der Waals surface area contributed by atoms with Gasteiger partial charge in [0.1, 0.15) is 22.8 Å². The van der Waals surface area contributed by atoms with Crippen molar-refractivity contribution in [2.45, 2.75) is 37.5 Å². The molecular weight excluding hydrogens is 578 g/mol. The molecule has 1 saturated carbocycles. The fourth-order valence-electron chi connectivity index (χ4n) is 6.07. The number of anilines is 1. The molecule has 6 aromatic rings. The summed E-state index contributed by atoms with van der Waals surface area (Å²) in [6.07, 6.45) is 8.40. The summed E-state index contributed by atoms with van der Waals surface area (Å²) in [4.78, 5) is 39.6. The molecule has 46 heavy (non-hydrogen) atoms. The van der Waals surface area contributed by atoms with Gasteiger partial charge in [0.25, 0.3) is 0 Å². The third kappa shape index (κ3) is 5.13. The normalized spacial score (nSPS) is 14.3. The summed E-state index contributed by atoms with van der Waals surface area (Å²) in [6, 6.07) is 26.2. The summed E-state index contributed by atoms with van der Waals surface area (Å²) in [5, 5.41) is 9.42. The number of carbonyl (C=O) groups is 2. The van der Waals surface area contributed by atoms with Crippen LogP contribution in [0.3, 0.4) is 0 Å². The lowest BCUT2D eigenvalue weighted by Crippen LogP contribution is -2.28. The molecule has 0 bridgehead atoms. The van der Waals surface area contributed by atoms with Gasteiger partial charge in [-0.15, -0.1) is 0 Å². The Morgan fingerprint density at radius 1 is 0.913 bits per heavy atom. The number of aromatic nitrogens is 5. The Labute approximate surface area is 264 Å². The minimum atomic E-state index is -0.675. The van der Waals surface area contributed by atoms with Crippen molar-refractivity contribution in [1.82, 2.24) is 24.5 Å². The van der Waals surface area contributed by atoms with Gasteiger partial charge in [-0.2, -0.15) is 0 Å². The van der Waals surface area contributed by atoms with E-state index in [1.54, 1.807) is 6.20 Å². The second-order valence-corrected chi connectivity index (χ2v) is 11.6. The summed E-state index contributed by atoms with van der Waals surface area (Å²) in [6.45, 7) is 0. The summed E-state index contributed by atoms with van der Waals surface area (Å²) >= 11 is 0. The first kappa shape index (κ1) is 28.8. The number of aryl methyl sites for hydroxylation is 2. The van der Waals surface area contributed by atoms with E-state index in [0.717, 1.165) is 52.3 Å². The van der Waals surface area contributed by atoms with Crippen LogP contribution in [0.15, 0.2) is 91.3 Å². The lowest BCUT2D eigenvalue weighted by atomic mass is 9.96. The van der Waals surface area contributed by atoms with Crippen LogP contribution in [0.25, 0.3) is 39.5 Å². The number of nitrogens with two attached hydrogens (primary N) is 2. The molecule has 0 atom stereocenters. The summed E-state index contributed by atoms with van der Waals surface area (Å²) < 4.78 is 2.12. The largest absolute Gasteiger partial charge is 0.506 e. The summed E-state index contributed by atoms with van der Waals surface area (Å²) in [5.41, 5.74) is 19.7. The number of rotatable bonds is 6. The van der Waals surface area contributed by atoms with E-state index in [0.29, 0.717) is 30.5 Å². The zero-order valence-electron chi connectivity index (χ0n) is 24.9. The maximum Gasteiger partial charge on any atom is 0.228 e. The Morgan fingerprint density at radius 2 is 1.72 bits per heavy atom. The number of fused-ring (bicyclic) bond motifs is 2. The number of nitrogen functional groups attached to an aromatic ring is 1. The number of benzene rings is 2. The maximum absolute atomic E-state index is 11.2. The number of aldehydes is 1. The molecule has 2 aliphatic carbocycles. The van der Waals surface area contributed by atoms with Gasteiger partial charge >= 0.3 is 0 Å². The first-order valence-electron chi connectivity index (χ1n) is 15.1. The number of primary amides is 1. The monoisotopic (exact) mass is 609 g/mol. The molecule has 0 spiro atoms. The van der Waals surface area contributed by atoms with Crippen LogP contribution >= 0.6 is 0 Å². The molecular formula is C36H31N7O3. The maximum atomic E-state index is 11.2. The van der Waals surface area contributed by atoms with Crippen LogP contribution in [-0.2, 0) is 23.1 Å². The number of imidazole rings is 1. The van der Waals surface area contributed by atoms with E-state index < -0.39 is 11.3 Å². The molecule has 5 N–H and O–H groups in total. The summed E-state index contributed by atoms with van der Waals surface area (Å²) in [7, 11) is 0. The predicted molar refractivity (Wildman–Crippen MR) is 175 cm³/mol. The van der Waals surface area contributed by atoms with Crippen LogP contribution < -0.4 is 11.5 Å². The van der Waals surface area contributed by atoms with E-state index in [9.17, 15) is 14.7 Å². The highest BCUT2D eigenvalue weighted by molar-refractivity contribution is 5.90. The molecule has 4 aromatic heterocycles. The van der Waals surface area contributed by atoms with Gasteiger partial charge in [-0.3, -0.25) is 14.2 Å². The lowest BCUT2D eigenvalue weighted by Gasteiger charge is -2.12. The van der Waals surface area contributed by atoms with Gasteiger partial charge in [0.05, 0.1) is 16.7 Å². The lowest BCUT2D eigenvalue weighted by molar-refractivity contribution is -0.120. The standard InChI is InChI=1S/C26H21N5.C10H10N2O3/c27-24-21(10-5-15-28-24)25-30-23-14-13-22(18-6-2-1-3-7-18)29-26(23)31(25)20-12-11-17-8-4-9-19(17)16-20;11-9(15)10(1-2-10)6-3-8(14)7(5-13)12-4-6/h1-3,5-7,10-16H,4,8-9H2,(H2,27,28);3-5,14H,1-2H2,(H2,11,15). The molecule has 8 rings (SSSR count). The zero-order chi connectivity index (χ0) is 31.8. The van der Waals surface area contributed by atoms with Crippen LogP contribution in [0.5, 0.6) is 5.75 Å². The highest BCUT2D eigenvalue weighted by Crippen LogP contribution is 2.48. The van der Waals surface area contributed by atoms with E-state index in [2.05, 4.69) is 44.9 Å². The fraction of sp³-hybridized carbons (Fsp3) is 0.167. The average Bonchev–Trinajstić information content (AvgIpc) is 3.62. The third-order valence-electron chi connectivity index (χ3n) is 8.78. The third-order valence-corrected chi connectivity index (χ3v) is 8.78. The van der Waals surface area contributed by atoms with Crippen molar-refractivity contribution < 1.29 is 14.7 Å². The van der Waals surface area contributed by atoms with Gasteiger partial charge in [0.2, 0.25) is 5.91 Å². The molecule has 1 fully saturated rings. The molecule has 10 nitrogen and oxygen atoms in total. The Bertz CT molecular complexity index is 2120. The number of hydrogen-bond donors (Lipinski definition) is 3. The van der Waals surface area contributed by atoms with Crippen molar-refractivity contribution in [2.24, 2.45) is 5.73 Å². The van der Waals surface area contributed by atoms with Gasteiger partial charge < -0.3 is 16.6 Å². The first-order chi connectivity index (χ1) is 22.4. The molecule has 10 heteroatoms. The predicted octanol–water partition coefficient (Wildman–Crippen LogP) is 5.34. The molecule has 2 aromatic carbocycles. The van der Waals surface area contributed by atoms with Gasteiger partial charge in [0, 0.05) is 23.6 Å². The Morgan fingerprint density at radius 3 is 2.43 bits per heavy atom. The van der Waals surface area contributed by atoms with Gasteiger partial charge in [-0.05, 0) is 91.3 Å². The molecule has 2 aliphatic rings. The van der Waals surface area contributed by atoms with E-state index in [1.807, 2.05) is 42.5 Å². The Hall–Kier alpha value is -5.90. The van der Waals surface area contributed by atoms with Crippen molar-refractivity contribution in [3.8, 4) is 34.1 Å². The number of pyridine rings is 3. The molecule has 228 valence electrons. The highest BCUT2D eigenvalue weighted by atomic mass is 16.3. The van der Waals surface area contributed by atoms with Crippen molar-refractivity contribution in [3.63, 3.8) is 0 Å². The minimum Gasteiger partial charge on any atom is -0.506 e. The second-order valence-electron chi connectivity index (χ2n) is 11.6. The van der Waals surface area contributed by atoms with E-state index in [-0.39, 0.29) is 11.4 Å². The van der Waals surface area contributed by atoms with E-state index >= 15 is 0 Å². The van der Waals surface area contributed by atoms with Crippen molar-refractivity contribution >= 4 is 29.2 Å².